The van der Waals surface area contributed by atoms with Crippen LogP contribution in [0.25, 0.3) is 0 Å². The van der Waals surface area contributed by atoms with E-state index in [1.165, 1.54) is 17.6 Å². The first-order chi connectivity index (χ1) is 6.27. The molecule has 2 nitrogen and oxygen atoms in total. The van der Waals surface area contributed by atoms with Gasteiger partial charge < -0.3 is 4.42 Å². The van der Waals surface area contributed by atoms with E-state index in [2.05, 4.69) is 15.9 Å². The molecule has 0 N–H and O–H groups in total. The highest BCUT2D eigenvalue weighted by Crippen LogP contribution is 2.24. The highest BCUT2D eigenvalue weighted by molar-refractivity contribution is 9.11. The van der Waals surface area contributed by atoms with E-state index in [1.54, 1.807) is 18.2 Å². The van der Waals surface area contributed by atoms with Crippen molar-refractivity contribution in [1.29, 1.82) is 0 Å². The van der Waals surface area contributed by atoms with E-state index < -0.39 is 0 Å². The molecule has 2 rings (SSSR count). The molecule has 0 amide bonds. The molecule has 4 heteroatoms. The average molecular weight is 257 g/mol. The van der Waals surface area contributed by atoms with Crippen molar-refractivity contribution >= 4 is 33.0 Å². The molecule has 2 heterocycles. The molecule has 0 fully saturated rings. The van der Waals surface area contributed by atoms with Crippen molar-refractivity contribution < 1.29 is 9.21 Å². The lowest BCUT2D eigenvalue weighted by Gasteiger charge is -1.89. The minimum Gasteiger partial charge on any atom is -0.461 e. The predicted octanol–water partition coefficient (Wildman–Crippen LogP) is 3.33. The first kappa shape index (κ1) is 8.72. The van der Waals surface area contributed by atoms with Crippen LogP contribution in [0.3, 0.4) is 0 Å². The summed E-state index contributed by atoms with van der Waals surface area (Å²) in [6.45, 7) is 0. The second-order valence-electron chi connectivity index (χ2n) is 2.41. The zero-order chi connectivity index (χ0) is 9.26. The lowest BCUT2D eigenvalue weighted by atomic mass is 10.2. The smallest absolute Gasteiger partial charge is 0.238 e. The maximum absolute atomic E-state index is 11.6. The predicted molar refractivity (Wildman–Crippen MR) is 54.2 cm³/mol. The molecule has 13 heavy (non-hydrogen) atoms. The Morgan fingerprint density at radius 3 is 2.77 bits per heavy atom. The number of halogens is 1. The van der Waals surface area contributed by atoms with Crippen LogP contribution < -0.4 is 0 Å². The number of furan rings is 1. The normalized spacial score (nSPS) is 10.2. The molecule has 2 aromatic heterocycles. The summed E-state index contributed by atoms with van der Waals surface area (Å²) in [5.41, 5.74) is 0. The first-order valence-corrected chi connectivity index (χ1v) is 5.22. The van der Waals surface area contributed by atoms with Gasteiger partial charge in [-0.2, -0.15) is 0 Å². The Morgan fingerprint density at radius 1 is 1.38 bits per heavy atom. The number of ketones is 1. The molecule has 0 atom stereocenters. The molecule has 66 valence electrons. The molecule has 0 radical (unpaired) electrons. The molecule has 0 aromatic carbocycles. The Balaban J connectivity index is 2.33. The van der Waals surface area contributed by atoms with E-state index in [0.717, 1.165) is 3.79 Å². The number of hydrogen-bond acceptors (Lipinski definition) is 3. The molecule has 0 unspecified atom stereocenters. The monoisotopic (exact) mass is 256 g/mol. The number of rotatable bonds is 2. The second-order valence-corrected chi connectivity index (χ2v) is 4.87. The minimum absolute atomic E-state index is 0.0688. The van der Waals surface area contributed by atoms with Crippen LogP contribution in [0.15, 0.2) is 38.7 Å². The summed E-state index contributed by atoms with van der Waals surface area (Å²) >= 11 is 4.70. The number of hydrogen-bond donors (Lipinski definition) is 0. The lowest BCUT2D eigenvalue weighted by molar-refractivity contribution is 0.101. The fraction of sp³-hybridized carbons (Fsp3) is 0. The van der Waals surface area contributed by atoms with Gasteiger partial charge in [-0.05, 0) is 40.2 Å². The van der Waals surface area contributed by atoms with Gasteiger partial charge in [0.2, 0.25) is 5.78 Å². The summed E-state index contributed by atoms with van der Waals surface area (Å²) in [5, 5.41) is 0. The molecular weight excluding hydrogens is 252 g/mol. The fourth-order valence-electron chi connectivity index (χ4n) is 0.966. The second kappa shape index (κ2) is 3.47. The van der Waals surface area contributed by atoms with Crippen LogP contribution in [0.2, 0.25) is 0 Å². The number of carbonyl (C=O) groups is 1. The van der Waals surface area contributed by atoms with E-state index in [1.807, 2.05) is 6.07 Å². The SMILES string of the molecule is O=C(c1ccco1)c1ccc(Br)s1. The van der Waals surface area contributed by atoms with Gasteiger partial charge in [0.25, 0.3) is 0 Å². The van der Waals surface area contributed by atoms with Crippen LogP contribution in [0, 0.1) is 0 Å². The Morgan fingerprint density at radius 2 is 2.23 bits per heavy atom. The molecule has 0 saturated carbocycles. The average Bonchev–Trinajstić information content (AvgIpc) is 2.72. The Hall–Kier alpha value is -0.870. The van der Waals surface area contributed by atoms with Gasteiger partial charge in [-0.25, -0.2) is 0 Å². The van der Waals surface area contributed by atoms with Gasteiger partial charge in [0.15, 0.2) is 5.76 Å². The Labute approximate surface area is 87.3 Å². The third-order valence-corrected chi connectivity index (χ3v) is 3.16. The van der Waals surface area contributed by atoms with Crippen LogP contribution in [-0.2, 0) is 0 Å². The highest BCUT2D eigenvalue weighted by atomic mass is 79.9. The zero-order valence-corrected chi connectivity index (χ0v) is 8.89. The Kier molecular flexibility index (Phi) is 2.33. The van der Waals surface area contributed by atoms with Gasteiger partial charge in [-0.15, -0.1) is 11.3 Å². The van der Waals surface area contributed by atoms with Crippen molar-refractivity contribution in [3.63, 3.8) is 0 Å². The maximum Gasteiger partial charge on any atom is 0.238 e. The summed E-state index contributed by atoms with van der Waals surface area (Å²) < 4.78 is 5.95. The molecule has 2 aromatic rings. The zero-order valence-electron chi connectivity index (χ0n) is 6.49. The third kappa shape index (κ3) is 1.73. The van der Waals surface area contributed by atoms with Crippen molar-refractivity contribution in [3.8, 4) is 0 Å². The molecule has 0 aliphatic carbocycles. The molecule has 0 spiro atoms. The first-order valence-electron chi connectivity index (χ1n) is 3.61. The van der Waals surface area contributed by atoms with Crippen LogP contribution in [-0.4, -0.2) is 5.78 Å². The molecule has 0 aliphatic rings. The lowest BCUT2D eigenvalue weighted by Crippen LogP contribution is -1.94. The van der Waals surface area contributed by atoms with Crippen molar-refractivity contribution in [1.82, 2.24) is 0 Å². The Bertz CT molecular complexity index is 417. The van der Waals surface area contributed by atoms with Crippen molar-refractivity contribution in [2.75, 3.05) is 0 Å². The summed E-state index contributed by atoms with van der Waals surface area (Å²) in [5.74, 6) is 0.315. The van der Waals surface area contributed by atoms with Gasteiger partial charge in [0.05, 0.1) is 14.9 Å². The maximum atomic E-state index is 11.6. The molecule has 0 saturated heterocycles. The van der Waals surface area contributed by atoms with E-state index in [9.17, 15) is 4.79 Å². The minimum atomic E-state index is -0.0688. The van der Waals surface area contributed by atoms with E-state index >= 15 is 0 Å². The standard InChI is InChI=1S/C9H5BrO2S/c10-8-4-3-7(13-8)9(11)6-2-1-5-12-6/h1-5H. The molecular formula is C9H5BrO2S. The number of carbonyl (C=O) groups excluding carboxylic acids is 1. The molecule has 0 aliphatic heterocycles. The summed E-state index contributed by atoms with van der Waals surface area (Å²) in [6.07, 6.45) is 1.50. The van der Waals surface area contributed by atoms with Gasteiger partial charge in [-0.3, -0.25) is 4.79 Å². The van der Waals surface area contributed by atoms with Crippen molar-refractivity contribution in [2.45, 2.75) is 0 Å². The topological polar surface area (TPSA) is 30.2 Å². The van der Waals surface area contributed by atoms with E-state index in [0.29, 0.717) is 10.6 Å². The van der Waals surface area contributed by atoms with Gasteiger partial charge in [0.1, 0.15) is 0 Å². The van der Waals surface area contributed by atoms with E-state index in [-0.39, 0.29) is 5.78 Å². The van der Waals surface area contributed by atoms with Gasteiger partial charge >= 0.3 is 0 Å². The van der Waals surface area contributed by atoms with Crippen molar-refractivity contribution in [3.05, 3.63) is 45.0 Å². The van der Waals surface area contributed by atoms with Crippen LogP contribution >= 0.6 is 27.3 Å². The highest BCUT2D eigenvalue weighted by Gasteiger charge is 2.13. The van der Waals surface area contributed by atoms with E-state index in [4.69, 9.17) is 4.42 Å². The van der Waals surface area contributed by atoms with Crippen molar-refractivity contribution in [2.24, 2.45) is 0 Å². The fourth-order valence-corrected chi connectivity index (χ4v) is 2.30. The number of thiophene rings is 1. The third-order valence-electron chi connectivity index (χ3n) is 1.54. The quantitative estimate of drug-likeness (QED) is 0.772. The van der Waals surface area contributed by atoms with Crippen LogP contribution in [0.5, 0.6) is 0 Å². The summed E-state index contributed by atoms with van der Waals surface area (Å²) in [6, 6.07) is 6.99. The van der Waals surface area contributed by atoms with Crippen LogP contribution in [0.4, 0.5) is 0 Å². The largest absolute Gasteiger partial charge is 0.461 e. The summed E-state index contributed by atoms with van der Waals surface area (Å²) in [4.78, 5) is 12.3. The van der Waals surface area contributed by atoms with Gasteiger partial charge in [-0.1, -0.05) is 0 Å². The van der Waals surface area contributed by atoms with Gasteiger partial charge in [0, 0.05) is 0 Å². The van der Waals surface area contributed by atoms with Crippen LogP contribution in [0.1, 0.15) is 15.4 Å². The molecule has 0 bridgehead atoms. The summed E-state index contributed by atoms with van der Waals surface area (Å²) in [7, 11) is 0.